The zero-order valence-electron chi connectivity index (χ0n) is 16.5. The topological polar surface area (TPSA) is 58.6 Å². The Bertz CT molecular complexity index is 782. The number of carbonyl (C=O) groups is 2. The standard InChI is InChI=1S/C22H27ClN2O3/c1-4-16(2)24-22(27)17(3)25(14-18-10-6-5-7-11-18)21(26)15-28-20-13-9-8-12-19(20)23/h5-13,16-17H,4,14-15H2,1-3H3,(H,24,27)/t16-,17-/m1/s1. The molecule has 6 heteroatoms. The van der Waals surface area contributed by atoms with E-state index in [0.29, 0.717) is 17.3 Å². The predicted molar refractivity (Wildman–Crippen MR) is 111 cm³/mol. The van der Waals surface area contributed by atoms with Gasteiger partial charge in [0.25, 0.3) is 5.91 Å². The van der Waals surface area contributed by atoms with E-state index in [1.54, 1.807) is 31.2 Å². The molecule has 2 atom stereocenters. The first-order valence-electron chi connectivity index (χ1n) is 9.43. The number of ether oxygens (including phenoxy) is 1. The molecule has 0 saturated carbocycles. The lowest BCUT2D eigenvalue weighted by Gasteiger charge is -2.29. The van der Waals surface area contributed by atoms with Crippen molar-refractivity contribution in [3.05, 3.63) is 65.2 Å². The lowest BCUT2D eigenvalue weighted by Crippen LogP contribution is -2.50. The van der Waals surface area contributed by atoms with Gasteiger partial charge in [0.15, 0.2) is 6.61 Å². The van der Waals surface area contributed by atoms with Gasteiger partial charge in [0.2, 0.25) is 5.91 Å². The summed E-state index contributed by atoms with van der Waals surface area (Å²) in [5.41, 5.74) is 0.941. The molecule has 0 unspecified atom stereocenters. The molecule has 0 heterocycles. The minimum atomic E-state index is -0.628. The van der Waals surface area contributed by atoms with Crippen molar-refractivity contribution in [1.82, 2.24) is 10.2 Å². The molecule has 0 spiro atoms. The average Bonchev–Trinajstić information content (AvgIpc) is 2.71. The fourth-order valence-electron chi connectivity index (χ4n) is 2.61. The Hall–Kier alpha value is -2.53. The van der Waals surface area contributed by atoms with E-state index in [9.17, 15) is 9.59 Å². The van der Waals surface area contributed by atoms with E-state index in [1.807, 2.05) is 44.2 Å². The second-order valence-corrected chi connectivity index (χ2v) is 7.13. The Morgan fingerprint density at radius 1 is 1.07 bits per heavy atom. The van der Waals surface area contributed by atoms with Crippen molar-refractivity contribution in [2.75, 3.05) is 6.61 Å². The molecule has 2 amide bonds. The number of halogens is 1. The first-order chi connectivity index (χ1) is 13.4. The van der Waals surface area contributed by atoms with Crippen molar-refractivity contribution < 1.29 is 14.3 Å². The van der Waals surface area contributed by atoms with Crippen LogP contribution in [-0.2, 0) is 16.1 Å². The van der Waals surface area contributed by atoms with E-state index in [-0.39, 0.29) is 24.5 Å². The summed E-state index contributed by atoms with van der Waals surface area (Å²) in [5, 5.41) is 3.38. The van der Waals surface area contributed by atoms with Crippen molar-refractivity contribution in [2.45, 2.75) is 45.8 Å². The summed E-state index contributed by atoms with van der Waals surface area (Å²) in [4.78, 5) is 27.1. The smallest absolute Gasteiger partial charge is 0.261 e. The summed E-state index contributed by atoms with van der Waals surface area (Å²) in [7, 11) is 0. The second-order valence-electron chi connectivity index (χ2n) is 6.72. The maximum absolute atomic E-state index is 12.9. The summed E-state index contributed by atoms with van der Waals surface area (Å²) >= 11 is 6.09. The highest BCUT2D eigenvalue weighted by Gasteiger charge is 2.27. The Morgan fingerprint density at radius 2 is 1.71 bits per heavy atom. The fraction of sp³-hybridized carbons (Fsp3) is 0.364. The van der Waals surface area contributed by atoms with Crippen LogP contribution in [-0.4, -0.2) is 35.4 Å². The number of amides is 2. The Balaban J connectivity index is 2.13. The van der Waals surface area contributed by atoms with Crippen molar-refractivity contribution in [2.24, 2.45) is 0 Å². The van der Waals surface area contributed by atoms with Crippen molar-refractivity contribution in [3.8, 4) is 5.75 Å². The zero-order valence-corrected chi connectivity index (χ0v) is 17.3. The molecular weight excluding hydrogens is 376 g/mol. The van der Waals surface area contributed by atoms with Crippen LogP contribution >= 0.6 is 11.6 Å². The van der Waals surface area contributed by atoms with Gasteiger partial charge in [-0.3, -0.25) is 9.59 Å². The summed E-state index contributed by atoms with van der Waals surface area (Å²) < 4.78 is 5.59. The molecule has 0 fully saturated rings. The van der Waals surface area contributed by atoms with Gasteiger partial charge in [-0.1, -0.05) is 61.0 Å². The average molecular weight is 403 g/mol. The monoisotopic (exact) mass is 402 g/mol. The first kappa shape index (κ1) is 21.8. The predicted octanol–water partition coefficient (Wildman–Crippen LogP) is 4.05. The quantitative estimate of drug-likeness (QED) is 0.688. The van der Waals surface area contributed by atoms with Gasteiger partial charge in [-0.2, -0.15) is 0 Å². The first-order valence-corrected chi connectivity index (χ1v) is 9.81. The number of benzene rings is 2. The largest absolute Gasteiger partial charge is 0.482 e. The van der Waals surface area contributed by atoms with Crippen LogP contribution in [0.2, 0.25) is 5.02 Å². The van der Waals surface area contributed by atoms with Gasteiger partial charge < -0.3 is 15.0 Å². The number of carbonyl (C=O) groups excluding carboxylic acids is 2. The van der Waals surface area contributed by atoms with Crippen LogP contribution in [0.4, 0.5) is 0 Å². The molecule has 0 saturated heterocycles. The molecule has 2 rings (SSSR count). The summed E-state index contributed by atoms with van der Waals surface area (Å²) in [5.74, 6) is -0.0270. The van der Waals surface area contributed by atoms with E-state index in [1.165, 1.54) is 4.90 Å². The van der Waals surface area contributed by atoms with Crippen LogP contribution in [0.1, 0.15) is 32.8 Å². The van der Waals surface area contributed by atoms with E-state index in [0.717, 1.165) is 12.0 Å². The Morgan fingerprint density at radius 3 is 2.36 bits per heavy atom. The number of para-hydroxylation sites is 1. The molecule has 0 aliphatic heterocycles. The van der Waals surface area contributed by atoms with E-state index >= 15 is 0 Å². The highest BCUT2D eigenvalue weighted by molar-refractivity contribution is 6.32. The molecule has 0 aliphatic carbocycles. The van der Waals surface area contributed by atoms with Crippen molar-refractivity contribution in [1.29, 1.82) is 0 Å². The maximum atomic E-state index is 12.9. The molecule has 150 valence electrons. The fourth-order valence-corrected chi connectivity index (χ4v) is 2.80. The lowest BCUT2D eigenvalue weighted by atomic mass is 10.1. The number of nitrogens with one attached hydrogen (secondary N) is 1. The van der Waals surface area contributed by atoms with E-state index in [4.69, 9.17) is 16.3 Å². The van der Waals surface area contributed by atoms with Gasteiger partial charge in [0.1, 0.15) is 11.8 Å². The van der Waals surface area contributed by atoms with Crippen LogP contribution in [0.15, 0.2) is 54.6 Å². The van der Waals surface area contributed by atoms with Crippen LogP contribution < -0.4 is 10.1 Å². The number of nitrogens with zero attached hydrogens (tertiary/aromatic N) is 1. The summed E-state index contributed by atoms with van der Waals surface area (Å²) in [6, 6.07) is 16.0. The molecule has 0 aromatic heterocycles. The van der Waals surface area contributed by atoms with Crippen molar-refractivity contribution >= 4 is 23.4 Å². The third-order valence-electron chi connectivity index (χ3n) is 4.55. The highest BCUT2D eigenvalue weighted by atomic mass is 35.5. The highest BCUT2D eigenvalue weighted by Crippen LogP contribution is 2.23. The van der Waals surface area contributed by atoms with Gasteiger partial charge in [-0.05, 0) is 38.0 Å². The molecule has 5 nitrogen and oxygen atoms in total. The molecule has 1 N–H and O–H groups in total. The third-order valence-corrected chi connectivity index (χ3v) is 4.86. The molecule has 28 heavy (non-hydrogen) atoms. The second kappa shape index (κ2) is 10.7. The SMILES string of the molecule is CC[C@@H](C)NC(=O)[C@@H](C)N(Cc1ccccc1)C(=O)COc1ccccc1Cl. The molecular formula is C22H27ClN2O3. The normalized spacial score (nSPS) is 12.7. The molecule has 2 aromatic rings. The van der Waals surface area contributed by atoms with Crippen LogP contribution in [0.5, 0.6) is 5.75 Å². The van der Waals surface area contributed by atoms with E-state index < -0.39 is 6.04 Å². The number of hydrogen-bond acceptors (Lipinski definition) is 3. The van der Waals surface area contributed by atoms with Crippen molar-refractivity contribution in [3.63, 3.8) is 0 Å². The van der Waals surface area contributed by atoms with E-state index in [2.05, 4.69) is 5.32 Å². The lowest BCUT2D eigenvalue weighted by molar-refractivity contribution is -0.142. The van der Waals surface area contributed by atoms with Crippen LogP contribution in [0, 0.1) is 0 Å². The zero-order chi connectivity index (χ0) is 20.5. The van der Waals surface area contributed by atoms with Crippen LogP contribution in [0.3, 0.4) is 0 Å². The van der Waals surface area contributed by atoms with Gasteiger partial charge in [-0.25, -0.2) is 0 Å². The summed E-state index contributed by atoms with van der Waals surface area (Å²) in [6.07, 6.45) is 0.820. The minimum Gasteiger partial charge on any atom is -0.482 e. The maximum Gasteiger partial charge on any atom is 0.261 e. The Labute approximate surface area is 171 Å². The van der Waals surface area contributed by atoms with Crippen LogP contribution in [0.25, 0.3) is 0 Å². The third kappa shape index (κ3) is 6.27. The van der Waals surface area contributed by atoms with Gasteiger partial charge >= 0.3 is 0 Å². The van der Waals surface area contributed by atoms with Gasteiger partial charge in [0, 0.05) is 12.6 Å². The Kier molecular flexibility index (Phi) is 8.33. The van der Waals surface area contributed by atoms with Gasteiger partial charge in [-0.15, -0.1) is 0 Å². The minimum absolute atomic E-state index is 0.0444. The number of rotatable bonds is 9. The molecule has 0 radical (unpaired) electrons. The molecule has 2 aromatic carbocycles. The van der Waals surface area contributed by atoms with Gasteiger partial charge in [0.05, 0.1) is 5.02 Å². The molecule has 0 bridgehead atoms. The molecule has 0 aliphatic rings. The number of hydrogen-bond donors (Lipinski definition) is 1. The summed E-state index contributed by atoms with van der Waals surface area (Å²) in [6.45, 7) is 5.79.